The second-order valence-electron chi connectivity index (χ2n) is 6.01. The minimum absolute atomic E-state index is 0.722. The van der Waals surface area contributed by atoms with Crippen LogP contribution in [0.25, 0.3) is 10.1 Å². The fraction of sp³-hybridized carbons (Fsp3) is 0.529. The molecule has 21 heavy (non-hydrogen) atoms. The van der Waals surface area contributed by atoms with Gasteiger partial charge in [0, 0.05) is 34.3 Å². The Morgan fingerprint density at radius 2 is 2.10 bits per heavy atom. The molecule has 0 aliphatic heterocycles. The lowest BCUT2D eigenvalue weighted by Crippen LogP contribution is -2.18. The molecule has 0 atom stereocenters. The minimum atomic E-state index is 0.722. The van der Waals surface area contributed by atoms with E-state index in [9.17, 15) is 0 Å². The van der Waals surface area contributed by atoms with Gasteiger partial charge in [-0.1, -0.05) is 18.2 Å². The van der Waals surface area contributed by atoms with Crippen LogP contribution in [0.4, 0.5) is 0 Å². The Kier molecular flexibility index (Phi) is 4.91. The third-order valence-electron chi connectivity index (χ3n) is 3.84. The van der Waals surface area contributed by atoms with Gasteiger partial charge in [0.1, 0.15) is 0 Å². The Morgan fingerprint density at radius 3 is 2.86 bits per heavy atom. The Labute approximate surface area is 130 Å². The fourth-order valence-corrected chi connectivity index (χ4v) is 3.56. The number of likely N-dealkylation sites (N-methyl/N-ethyl adjacent to an activating group) is 1. The number of hydrogen-bond acceptors (Lipinski definition) is 4. The maximum Gasteiger partial charge on any atom is 0.0734 e. The van der Waals surface area contributed by atoms with E-state index in [2.05, 4.69) is 48.6 Å². The maximum absolute atomic E-state index is 5.90. The standard InChI is InChI=1S/C17H24N2OS/c1-19(2)9-10-20-12-15-14-5-3-4-6-16(14)21-17(15)11-18-13-7-8-13/h3-6,13,18H,7-12H2,1-2H3. The van der Waals surface area contributed by atoms with Gasteiger partial charge in [-0.3, -0.25) is 0 Å². The Hall–Kier alpha value is -0.940. The largest absolute Gasteiger partial charge is 0.375 e. The first-order valence-corrected chi connectivity index (χ1v) is 8.51. The summed E-state index contributed by atoms with van der Waals surface area (Å²) in [5.74, 6) is 0. The second kappa shape index (κ2) is 6.88. The predicted octanol–water partition coefficient (Wildman–Crippen LogP) is 3.23. The van der Waals surface area contributed by atoms with E-state index in [-0.39, 0.29) is 0 Å². The van der Waals surface area contributed by atoms with Gasteiger partial charge >= 0.3 is 0 Å². The van der Waals surface area contributed by atoms with E-state index in [0.717, 1.165) is 32.3 Å². The minimum Gasteiger partial charge on any atom is -0.375 e. The molecule has 3 rings (SSSR count). The van der Waals surface area contributed by atoms with Crippen LogP contribution < -0.4 is 5.32 Å². The summed E-state index contributed by atoms with van der Waals surface area (Å²) in [6.07, 6.45) is 2.67. The van der Waals surface area contributed by atoms with E-state index < -0.39 is 0 Å². The molecule has 1 aromatic heterocycles. The van der Waals surface area contributed by atoms with Crippen LogP contribution in [0, 0.1) is 0 Å². The highest BCUT2D eigenvalue weighted by atomic mass is 32.1. The molecule has 1 saturated carbocycles. The van der Waals surface area contributed by atoms with Crippen molar-refractivity contribution in [2.75, 3.05) is 27.2 Å². The Morgan fingerprint density at radius 1 is 1.29 bits per heavy atom. The summed E-state index contributed by atoms with van der Waals surface area (Å²) >= 11 is 1.91. The first-order chi connectivity index (χ1) is 10.2. The van der Waals surface area contributed by atoms with Crippen LogP contribution >= 0.6 is 11.3 Å². The number of nitrogens with one attached hydrogen (secondary N) is 1. The van der Waals surface area contributed by atoms with Crippen LogP contribution in [-0.4, -0.2) is 38.2 Å². The molecule has 0 saturated heterocycles. The van der Waals surface area contributed by atoms with Crippen LogP contribution in [0.2, 0.25) is 0 Å². The zero-order chi connectivity index (χ0) is 14.7. The molecule has 1 N–H and O–H groups in total. The zero-order valence-corrected chi connectivity index (χ0v) is 13.7. The number of rotatable bonds is 8. The maximum atomic E-state index is 5.90. The summed E-state index contributed by atoms with van der Waals surface area (Å²) < 4.78 is 7.27. The van der Waals surface area contributed by atoms with Crippen LogP contribution in [0.3, 0.4) is 0 Å². The summed E-state index contributed by atoms with van der Waals surface area (Å²) in [6.45, 7) is 3.46. The van der Waals surface area contributed by atoms with Crippen molar-refractivity contribution >= 4 is 21.4 Å². The van der Waals surface area contributed by atoms with Crippen molar-refractivity contribution < 1.29 is 4.74 Å². The monoisotopic (exact) mass is 304 g/mol. The van der Waals surface area contributed by atoms with Crippen molar-refractivity contribution in [1.29, 1.82) is 0 Å². The van der Waals surface area contributed by atoms with E-state index in [1.807, 2.05) is 11.3 Å². The fourth-order valence-electron chi connectivity index (χ4n) is 2.40. The molecular weight excluding hydrogens is 280 g/mol. The molecule has 1 aliphatic carbocycles. The smallest absolute Gasteiger partial charge is 0.0734 e. The number of hydrogen-bond donors (Lipinski definition) is 1. The molecule has 2 aromatic rings. The van der Waals surface area contributed by atoms with E-state index in [1.54, 1.807) is 0 Å². The molecule has 0 spiro atoms. The summed E-state index contributed by atoms with van der Waals surface area (Å²) in [5, 5.41) is 4.99. The van der Waals surface area contributed by atoms with Gasteiger partial charge in [0.2, 0.25) is 0 Å². The average molecular weight is 304 g/mol. The molecule has 0 bridgehead atoms. The number of benzene rings is 1. The van der Waals surface area contributed by atoms with Crippen molar-refractivity contribution in [3.05, 3.63) is 34.7 Å². The zero-order valence-electron chi connectivity index (χ0n) is 12.9. The van der Waals surface area contributed by atoms with Crippen LogP contribution in [-0.2, 0) is 17.9 Å². The molecule has 114 valence electrons. The van der Waals surface area contributed by atoms with Gasteiger partial charge in [-0.15, -0.1) is 11.3 Å². The Bertz CT molecular complexity index is 589. The third kappa shape index (κ3) is 4.04. The highest BCUT2D eigenvalue weighted by Crippen LogP contribution is 2.32. The predicted molar refractivity (Wildman–Crippen MR) is 89.9 cm³/mol. The molecule has 1 fully saturated rings. The lowest BCUT2D eigenvalue weighted by atomic mass is 10.1. The van der Waals surface area contributed by atoms with Gasteiger partial charge in [-0.25, -0.2) is 0 Å². The van der Waals surface area contributed by atoms with Gasteiger partial charge in [-0.2, -0.15) is 0 Å². The summed E-state index contributed by atoms with van der Waals surface area (Å²) in [7, 11) is 4.16. The van der Waals surface area contributed by atoms with E-state index >= 15 is 0 Å². The van der Waals surface area contributed by atoms with Crippen molar-refractivity contribution in [3.8, 4) is 0 Å². The summed E-state index contributed by atoms with van der Waals surface area (Å²) in [5.41, 5.74) is 1.38. The molecular formula is C17H24N2OS. The van der Waals surface area contributed by atoms with Crippen molar-refractivity contribution in [3.63, 3.8) is 0 Å². The van der Waals surface area contributed by atoms with Crippen LogP contribution in [0.1, 0.15) is 23.3 Å². The normalized spacial score (nSPS) is 15.2. The van der Waals surface area contributed by atoms with Crippen molar-refractivity contribution in [2.24, 2.45) is 0 Å². The number of thiophene rings is 1. The van der Waals surface area contributed by atoms with Crippen LogP contribution in [0.5, 0.6) is 0 Å². The first kappa shape index (κ1) is 15.0. The molecule has 1 heterocycles. The molecule has 1 aliphatic rings. The van der Waals surface area contributed by atoms with Gasteiger partial charge in [-0.05, 0) is 38.4 Å². The second-order valence-corrected chi connectivity index (χ2v) is 7.15. The van der Waals surface area contributed by atoms with Gasteiger partial charge in [0.05, 0.1) is 13.2 Å². The molecule has 3 nitrogen and oxygen atoms in total. The van der Waals surface area contributed by atoms with E-state index in [4.69, 9.17) is 4.74 Å². The van der Waals surface area contributed by atoms with E-state index in [0.29, 0.717) is 0 Å². The highest BCUT2D eigenvalue weighted by Gasteiger charge is 2.21. The van der Waals surface area contributed by atoms with Gasteiger partial charge in [0.15, 0.2) is 0 Å². The third-order valence-corrected chi connectivity index (χ3v) is 5.05. The number of nitrogens with zero attached hydrogens (tertiary/aromatic N) is 1. The average Bonchev–Trinajstić information content (AvgIpc) is 3.23. The lowest BCUT2D eigenvalue weighted by Gasteiger charge is -2.11. The first-order valence-electron chi connectivity index (χ1n) is 7.69. The van der Waals surface area contributed by atoms with Crippen molar-refractivity contribution in [1.82, 2.24) is 10.2 Å². The van der Waals surface area contributed by atoms with Gasteiger partial charge in [0.25, 0.3) is 0 Å². The molecule has 1 aromatic carbocycles. The van der Waals surface area contributed by atoms with Crippen LogP contribution in [0.15, 0.2) is 24.3 Å². The van der Waals surface area contributed by atoms with Crippen molar-refractivity contribution in [2.45, 2.75) is 32.0 Å². The topological polar surface area (TPSA) is 24.5 Å². The van der Waals surface area contributed by atoms with Gasteiger partial charge < -0.3 is 15.0 Å². The lowest BCUT2D eigenvalue weighted by molar-refractivity contribution is 0.106. The highest BCUT2D eigenvalue weighted by molar-refractivity contribution is 7.19. The quantitative estimate of drug-likeness (QED) is 0.758. The number of fused-ring (bicyclic) bond motifs is 1. The summed E-state index contributed by atoms with van der Waals surface area (Å²) in [4.78, 5) is 3.59. The molecule has 0 unspecified atom stereocenters. The number of ether oxygens (including phenoxy) is 1. The molecule has 4 heteroatoms. The molecule has 0 radical (unpaired) electrons. The summed E-state index contributed by atoms with van der Waals surface area (Å²) in [6, 6.07) is 9.42. The molecule has 0 amide bonds. The SMILES string of the molecule is CN(C)CCOCc1c(CNC2CC2)sc2ccccc12. The Balaban J connectivity index is 1.71. The van der Waals surface area contributed by atoms with E-state index in [1.165, 1.54) is 33.4 Å².